The van der Waals surface area contributed by atoms with Crippen LogP contribution in [0.15, 0.2) is 66.7 Å². The fraction of sp³-hybridized carbons (Fsp3) is 0.394. The molecule has 0 aromatic heterocycles. The third kappa shape index (κ3) is 5.55. The molecule has 2 amide bonds. The first-order chi connectivity index (χ1) is 19.2. The lowest BCUT2D eigenvalue weighted by Gasteiger charge is -2.41. The Balaban J connectivity index is 1.47. The van der Waals surface area contributed by atoms with Crippen molar-refractivity contribution in [1.82, 2.24) is 4.90 Å². The van der Waals surface area contributed by atoms with E-state index in [2.05, 4.69) is 23.2 Å². The number of anilines is 3. The van der Waals surface area contributed by atoms with Crippen molar-refractivity contribution >= 4 is 28.9 Å². The summed E-state index contributed by atoms with van der Waals surface area (Å²) >= 11 is 0. The Morgan fingerprint density at radius 2 is 1.68 bits per heavy atom. The molecule has 0 spiro atoms. The van der Waals surface area contributed by atoms with Crippen molar-refractivity contribution < 1.29 is 14.0 Å². The largest absolute Gasteiger partial charge is 0.378 e. The van der Waals surface area contributed by atoms with Crippen molar-refractivity contribution in [3.8, 4) is 0 Å². The number of nitrogens with one attached hydrogen (secondary N) is 1. The summed E-state index contributed by atoms with van der Waals surface area (Å²) in [6.45, 7) is 5.45. The number of amides is 2. The molecular formula is C33H39FN4O2. The molecule has 3 aromatic carbocycles. The first kappa shape index (κ1) is 27.7. The van der Waals surface area contributed by atoms with Crippen LogP contribution in [-0.4, -0.2) is 49.9 Å². The number of benzene rings is 3. The molecule has 0 bridgehead atoms. The zero-order valence-corrected chi connectivity index (χ0v) is 23.9. The van der Waals surface area contributed by atoms with Gasteiger partial charge in [0.25, 0.3) is 5.91 Å². The summed E-state index contributed by atoms with van der Waals surface area (Å²) in [6.07, 6.45) is 3.63. The minimum atomic E-state index is -0.536. The SMILES string of the molecule is Cc1cccc(F)c1C(=O)N1CCCC(C(=O)Nc2cccc(N3CCCC3C)c2)[C@@H]1c1ccc(N(C)C)cc1. The maximum atomic E-state index is 14.9. The molecule has 3 atom stereocenters. The van der Waals surface area contributed by atoms with Crippen LogP contribution in [0.4, 0.5) is 21.5 Å². The number of halogens is 1. The van der Waals surface area contributed by atoms with Crippen molar-refractivity contribution in [3.05, 3.63) is 89.2 Å². The zero-order chi connectivity index (χ0) is 28.4. The average Bonchev–Trinajstić information content (AvgIpc) is 3.38. The van der Waals surface area contributed by atoms with E-state index in [1.165, 1.54) is 12.5 Å². The van der Waals surface area contributed by atoms with Gasteiger partial charge in [0.1, 0.15) is 5.82 Å². The highest BCUT2D eigenvalue weighted by Gasteiger charge is 2.40. The monoisotopic (exact) mass is 542 g/mol. The third-order valence-electron chi connectivity index (χ3n) is 8.41. The Labute approximate surface area is 236 Å². The van der Waals surface area contributed by atoms with E-state index < -0.39 is 17.8 Å². The molecule has 6 nitrogen and oxygen atoms in total. The molecule has 3 aromatic rings. The van der Waals surface area contributed by atoms with E-state index in [9.17, 15) is 14.0 Å². The predicted octanol–water partition coefficient (Wildman–Crippen LogP) is 6.42. The van der Waals surface area contributed by atoms with Crippen LogP contribution < -0.4 is 15.1 Å². The number of nitrogens with zero attached hydrogens (tertiary/aromatic N) is 3. The van der Waals surface area contributed by atoms with Crippen molar-refractivity contribution in [2.45, 2.75) is 51.6 Å². The minimum Gasteiger partial charge on any atom is -0.378 e. The number of hydrogen-bond donors (Lipinski definition) is 1. The van der Waals surface area contributed by atoms with Crippen LogP contribution in [-0.2, 0) is 4.79 Å². The highest BCUT2D eigenvalue weighted by atomic mass is 19.1. The number of carbonyl (C=O) groups is 2. The van der Waals surface area contributed by atoms with Gasteiger partial charge in [-0.15, -0.1) is 0 Å². The smallest absolute Gasteiger partial charge is 0.257 e. The van der Waals surface area contributed by atoms with Crippen LogP contribution in [0.1, 0.15) is 60.1 Å². The molecule has 7 heteroatoms. The van der Waals surface area contributed by atoms with Crippen LogP contribution in [0.3, 0.4) is 0 Å². The van der Waals surface area contributed by atoms with Crippen LogP contribution in [0, 0.1) is 18.7 Å². The molecular weight excluding hydrogens is 503 g/mol. The van der Waals surface area contributed by atoms with Gasteiger partial charge in [0.05, 0.1) is 17.5 Å². The molecule has 2 aliphatic heterocycles. The fourth-order valence-corrected chi connectivity index (χ4v) is 6.24. The van der Waals surface area contributed by atoms with Gasteiger partial charge in [0.15, 0.2) is 0 Å². The maximum Gasteiger partial charge on any atom is 0.257 e. The Bertz CT molecular complexity index is 1350. The van der Waals surface area contributed by atoms with Crippen LogP contribution in [0.2, 0.25) is 0 Å². The topological polar surface area (TPSA) is 55.9 Å². The van der Waals surface area contributed by atoms with Gasteiger partial charge in [0, 0.05) is 50.3 Å². The summed E-state index contributed by atoms with van der Waals surface area (Å²) in [4.78, 5) is 33.9. The Hall–Kier alpha value is -3.87. The van der Waals surface area contributed by atoms with Crippen molar-refractivity contribution in [3.63, 3.8) is 0 Å². The van der Waals surface area contributed by atoms with Crippen LogP contribution in [0.25, 0.3) is 0 Å². The van der Waals surface area contributed by atoms with E-state index in [-0.39, 0.29) is 17.4 Å². The molecule has 2 heterocycles. The van der Waals surface area contributed by atoms with Crippen molar-refractivity contribution in [2.75, 3.05) is 42.3 Å². The standard InChI is InChI=1S/C33H39FN4O2/c1-22-9-5-14-29(34)30(22)33(40)38-20-8-13-28(31(38)24-15-17-26(18-16-24)36(3)4)32(39)35-25-11-6-12-27(21-25)37-19-7-10-23(37)2/h5-6,9,11-12,14-18,21,23,28,31H,7-8,10,13,19-20H2,1-4H3,(H,35,39)/t23?,28?,31-/m0/s1. The average molecular weight is 543 g/mol. The van der Waals surface area contributed by atoms with Crippen molar-refractivity contribution in [2.24, 2.45) is 5.92 Å². The molecule has 40 heavy (non-hydrogen) atoms. The van der Waals surface area contributed by atoms with Gasteiger partial charge in [-0.05, 0) is 87.1 Å². The number of likely N-dealkylation sites (tertiary alicyclic amines) is 1. The fourth-order valence-electron chi connectivity index (χ4n) is 6.24. The molecule has 0 saturated carbocycles. The van der Waals surface area contributed by atoms with Gasteiger partial charge in [-0.25, -0.2) is 4.39 Å². The summed E-state index contributed by atoms with van der Waals surface area (Å²) in [5, 5.41) is 3.16. The summed E-state index contributed by atoms with van der Waals surface area (Å²) in [6, 6.07) is 20.6. The third-order valence-corrected chi connectivity index (χ3v) is 8.41. The first-order valence-corrected chi connectivity index (χ1v) is 14.3. The van der Waals surface area contributed by atoms with E-state index >= 15 is 0 Å². The summed E-state index contributed by atoms with van der Waals surface area (Å²) in [5.74, 6) is -1.52. The van der Waals surface area contributed by atoms with E-state index in [0.29, 0.717) is 31.0 Å². The quantitative estimate of drug-likeness (QED) is 0.391. The minimum absolute atomic E-state index is 0.0749. The molecule has 5 rings (SSSR count). The number of piperidine rings is 1. The summed E-state index contributed by atoms with van der Waals surface area (Å²) in [5.41, 5.74) is 4.41. The molecule has 1 N–H and O–H groups in total. The van der Waals surface area contributed by atoms with E-state index in [4.69, 9.17) is 0 Å². The van der Waals surface area contributed by atoms with Gasteiger partial charge in [-0.3, -0.25) is 9.59 Å². The molecule has 0 aliphatic carbocycles. The van der Waals surface area contributed by atoms with Gasteiger partial charge in [0.2, 0.25) is 5.91 Å². The molecule has 210 valence electrons. The lowest BCUT2D eigenvalue weighted by molar-refractivity contribution is -0.123. The van der Waals surface area contributed by atoms with E-state index in [0.717, 1.165) is 35.6 Å². The second-order valence-electron chi connectivity index (χ2n) is 11.3. The highest BCUT2D eigenvalue weighted by molar-refractivity contribution is 5.98. The zero-order valence-electron chi connectivity index (χ0n) is 23.9. The van der Waals surface area contributed by atoms with E-state index in [1.54, 1.807) is 24.0 Å². The second kappa shape index (κ2) is 11.7. The molecule has 2 aliphatic rings. The Morgan fingerprint density at radius 1 is 0.950 bits per heavy atom. The van der Waals surface area contributed by atoms with Gasteiger partial charge >= 0.3 is 0 Å². The van der Waals surface area contributed by atoms with Crippen LogP contribution >= 0.6 is 0 Å². The van der Waals surface area contributed by atoms with Crippen LogP contribution in [0.5, 0.6) is 0 Å². The lowest BCUT2D eigenvalue weighted by Crippen LogP contribution is -2.46. The first-order valence-electron chi connectivity index (χ1n) is 14.3. The normalized spacial score (nSPS) is 20.9. The Morgan fingerprint density at radius 3 is 2.35 bits per heavy atom. The molecule has 0 radical (unpaired) electrons. The maximum absolute atomic E-state index is 14.9. The summed E-state index contributed by atoms with van der Waals surface area (Å²) in [7, 11) is 3.94. The van der Waals surface area contributed by atoms with Gasteiger partial charge < -0.3 is 20.0 Å². The molecule has 2 fully saturated rings. The number of hydrogen-bond acceptors (Lipinski definition) is 4. The second-order valence-corrected chi connectivity index (χ2v) is 11.3. The number of aryl methyl sites for hydroxylation is 1. The van der Waals surface area contributed by atoms with Gasteiger partial charge in [-0.2, -0.15) is 0 Å². The summed E-state index contributed by atoms with van der Waals surface area (Å²) < 4.78 is 14.9. The highest BCUT2D eigenvalue weighted by Crippen LogP contribution is 2.39. The Kier molecular flexibility index (Phi) is 8.10. The van der Waals surface area contributed by atoms with E-state index in [1.807, 2.05) is 61.5 Å². The number of carbonyl (C=O) groups excluding carboxylic acids is 2. The van der Waals surface area contributed by atoms with Crippen molar-refractivity contribution in [1.29, 1.82) is 0 Å². The lowest BCUT2D eigenvalue weighted by atomic mass is 9.83. The molecule has 2 saturated heterocycles. The predicted molar refractivity (Wildman–Crippen MR) is 160 cm³/mol. The number of rotatable bonds is 6. The van der Waals surface area contributed by atoms with Gasteiger partial charge in [-0.1, -0.05) is 30.3 Å². The molecule has 2 unspecified atom stereocenters.